The number of carbonyl (C=O) groups excluding carboxylic acids is 2. The highest BCUT2D eigenvalue weighted by atomic mass is 16.5. The molecule has 0 saturated heterocycles. The molecule has 2 amide bonds. The summed E-state index contributed by atoms with van der Waals surface area (Å²) in [5, 5.41) is 14.1. The van der Waals surface area contributed by atoms with Crippen LogP contribution in [0.15, 0.2) is 48.5 Å². The van der Waals surface area contributed by atoms with Crippen LogP contribution in [0.4, 0.5) is 4.79 Å². The maximum atomic E-state index is 12.1. The molecule has 0 aromatic heterocycles. The highest BCUT2D eigenvalue weighted by molar-refractivity contribution is 5.94. The second kappa shape index (κ2) is 11.7. The maximum Gasteiger partial charge on any atom is 0.407 e. The number of hydrogen-bond donors (Lipinski definition) is 3. The molecule has 172 valence electrons. The zero-order valence-electron chi connectivity index (χ0n) is 18.6. The van der Waals surface area contributed by atoms with Gasteiger partial charge in [-0.25, -0.2) is 4.79 Å². The van der Waals surface area contributed by atoms with E-state index in [9.17, 15) is 14.4 Å². The van der Waals surface area contributed by atoms with E-state index in [0.29, 0.717) is 6.42 Å². The minimum atomic E-state index is -0.971. The average molecular weight is 449 g/mol. The molecule has 0 bridgehead atoms. The second-order valence-corrected chi connectivity index (χ2v) is 7.89. The third kappa shape index (κ3) is 6.59. The Labute approximate surface area is 193 Å². The maximum absolute atomic E-state index is 12.1. The van der Waals surface area contributed by atoms with Crippen LogP contribution in [0.3, 0.4) is 0 Å². The Hall–Kier alpha value is -3.79. The lowest BCUT2D eigenvalue weighted by molar-refractivity contribution is -0.137. The van der Waals surface area contributed by atoms with E-state index in [1.54, 1.807) is 0 Å². The molecule has 3 rings (SSSR count). The molecule has 7 nitrogen and oxygen atoms in total. The minimum Gasteiger partial charge on any atom is -0.481 e. The van der Waals surface area contributed by atoms with Crippen LogP contribution in [-0.4, -0.2) is 42.3 Å². The number of unbranched alkanes of at least 4 members (excludes halogenated alkanes) is 1. The minimum absolute atomic E-state index is 0.0331. The van der Waals surface area contributed by atoms with Crippen molar-refractivity contribution in [2.75, 3.05) is 13.2 Å². The van der Waals surface area contributed by atoms with Crippen LogP contribution in [0.2, 0.25) is 0 Å². The third-order valence-electron chi connectivity index (χ3n) is 5.53. The van der Waals surface area contributed by atoms with Gasteiger partial charge in [0, 0.05) is 12.0 Å². The lowest BCUT2D eigenvalue weighted by Crippen LogP contribution is -2.35. The van der Waals surface area contributed by atoms with Gasteiger partial charge in [-0.1, -0.05) is 74.2 Å². The predicted molar refractivity (Wildman–Crippen MR) is 125 cm³/mol. The summed E-state index contributed by atoms with van der Waals surface area (Å²) in [6.45, 7) is 2.14. The van der Waals surface area contributed by atoms with Crippen molar-refractivity contribution < 1.29 is 24.2 Å². The van der Waals surface area contributed by atoms with Crippen molar-refractivity contribution >= 4 is 18.0 Å². The Balaban J connectivity index is 1.47. The van der Waals surface area contributed by atoms with E-state index in [1.165, 1.54) is 0 Å². The van der Waals surface area contributed by atoms with E-state index in [-0.39, 0.29) is 25.5 Å². The summed E-state index contributed by atoms with van der Waals surface area (Å²) in [6, 6.07) is 15.7. The molecule has 0 unspecified atom stereocenters. The molecule has 0 fully saturated rings. The van der Waals surface area contributed by atoms with Crippen LogP contribution in [0.1, 0.15) is 49.7 Å². The smallest absolute Gasteiger partial charge is 0.407 e. The van der Waals surface area contributed by atoms with E-state index in [1.807, 2.05) is 43.3 Å². The zero-order valence-corrected chi connectivity index (χ0v) is 18.6. The van der Waals surface area contributed by atoms with Crippen molar-refractivity contribution in [1.29, 1.82) is 0 Å². The first kappa shape index (κ1) is 23.9. The molecule has 1 aliphatic rings. The Morgan fingerprint density at radius 1 is 1.06 bits per heavy atom. The van der Waals surface area contributed by atoms with Crippen molar-refractivity contribution in [2.45, 2.75) is 44.6 Å². The standard InChI is InChI=1S/C26H28N2O5/c1-2-3-9-18(16-25(30)31)28-24(29)14-8-15-27-26(32)33-17-23-21-12-6-4-10-19(21)20-11-5-7-13-22(20)23/h4-7,10-13,18,23H,2-3,9,15-17H2,1H3,(H,27,32)(H,28,29)(H,30,31)/t18-/m1/s1. The van der Waals surface area contributed by atoms with Gasteiger partial charge in [-0.15, -0.1) is 0 Å². The number of aliphatic carboxylic acids is 1. The fraction of sp³-hybridized carbons (Fsp3) is 0.346. The summed E-state index contributed by atoms with van der Waals surface area (Å²) in [6.07, 6.45) is 1.54. The number of fused-ring (bicyclic) bond motifs is 3. The number of carboxylic acid groups (broad SMARTS) is 1. The van der Waals surface area contributed by atoms with Gasteiger partial charge < -0.3 is 20.5 Å². The first-order valence-corrected chi connectivity index (χ1v) is 11.1. The average Bonchev–Trinajstić information content (AvgIpc) is 3.12. The highest BCUT2D eigenvalue weighted by Crippen LogP contribution is 2.44. The molecular formula is C26H28N2O5. The van der Waals surface area contributed by atoms with Gasteiger partial charge in [0.15, 0.2) is 0 Å². The molecule has 0 spiro atoms. The highest BCUT2D eigenvalue weighted by Gasteiger charge is 2.28. The topological polar surface area (TPSA) is 105 Å². The Kier molecular flexibility index (Phi) is 8.48. The van der Waals surface area contributed by atoms with Gasteiger partial charge in [-0.05, 0) is 34.6 Å². The van der Waals surface area contributed by atoms with Crippen LogP contribution in [0.5, 0.6) is 0 Å². The number of hydrogen-bond acceptors (Lipinski definition) is 4. The molecule has 0 aliphatic heterocycles. The van der Waals surface area contributed by atoms with Gasteiger partial charge in [0.25, 0.3) is 5.91 Å². The number of nitrogens with one attached hydrogen (secondary N) is 2. The number of alkyl carbamates (subject to hydrolysis) is 1. The monoisotopic (exact) mass is 448 g/mol. The largest absolute Gasteiger partial charge is 0.481 e. The number of carbonyl (C=O) groups is 3. The Bertz CT molecular complexity index is 1020. The van der Waals surface area contributed by atoms with Crippen molar-refractivity contribution in [3.05, 3.63) is 59.7 Å². The van der Waals surface area contributed by atoms with Gasteiger partial charge in [0.2, 0.25) is 0 Å². The molecule has 0 heterocycles. The molecule has 3 N–H and O–H groups in total. The summed E-state index contributed by atoms with van der Waals surface area (Å²) in [7, 11) is 0. The van der Waals surface area contributed by atoms with Crippen molar-refractivity contribution in [3.8, 4) is 23.0 Å². The van der Waals surface area contributed by atoms with Gasteiger partial charge >= 0.3 is 12.1 Å². The van der Waals surface area contributed by atoms with Crippen LogP contribution >= 0.6 is 0 Å². The fourth-order valence-electron chi connectivity index (χ4n) is 4.00. The number of ether oxygens (including phenoxy) is 1. The third-order valence-corrected chi connectivity index (χ3v) is 5.53. The number of benzene rings is 2. The number of amides is 2. The van der Waals surface area contributed by atoms with Gasteiger partial charge in [-0.3, -0.25) is 9.59 Å². The summed E-state index contributed by atoms with van der Waals surface area (Å²) < 4.78 is 5.42. The van der Waals surface area contributed by atoms with Crippen molar-refractivity contribution in [1.82, 2.24) is 10.6 Å². The normalized spacial score (nSPS) is 12.5. The molecule has 1 aliphatic carbocycles. The van der Waals surface area contributed by atoms with Gasteiger partial charge in [0.1, 0.15) is 6.61 Å². The van der Waals surface area contributed by atoms with Crippen LogP contribution in [0, 0.1) is 11.8 Å². The Morgan fingerprint density at radius 2 is 1.70 bits per heavy atom. The summed E-state index contributed by atoms with van der Waals surface area (Å²) in [5.41, 5.74) is 4.56. The van der Waals surface area contributed by atoms with Gasteiger partial charge in [0.05, 0.1) is 13.0 Å². The van der Waals surface area contributed by atoms with E-state index < -0.39 is 24.0 Å². The van der Waals surface area contributed by atoms with Crippen LogP contribution < -0.4 is 10.6 Å². The molecule has 33 heavy (non-hydrogen) atoms. The van der Waals surface area contributed by atoms with Gasteiger partial charge in [-0.2, -0.15) is 0 Å². The van der Waals surface area contributed by atoms with E-state index in [0.717, 1.165) is 35.1 Å². The molecule has 0 radical (unpaired) electrons. The molecule has 1 atom stereocenters. The van der Waals surface area contributed by atoms with Crippen molar-refractivity contribution in [3.63, 3.8) is 0 Å². The number of rotatable bonds is 9. The molecular weight excluding hydrogens is 420 g/mol. The summed E-state index contributed by atoms with van der Waals surface area (Å²) >= 11 is 0. The molecule has 2 aromatic carbocycles. The lowest BCUT2D eigenvalue weighted by Gasteiger charge is -2.14. The SMILES string of the molecule is CCCC[C@H](CC(=O)O)NC(=O)C#CCNC(=O)OCC1c2ccccc2-c2ccccc21. The summed E-state index contributed by atoms with van der Waals surface area (Å²) in [5.74, 6) is 3.38. The van der Waals surface area contributed by atoms with E-state index in [2.05, 4.69) is 34.6 Å². The van der Waals surface area contributed by atoms with E-state index in [4.69, 9.17) is 9.84 Å². The quantitative estimate of drug-likeness (QED) is 0.508. The zero-order chi connectivity index (χ0) is 23.6. The summed E-state index contributed by atoms with van der Waals surface area (Å²) in [4.78, 5) is 35.0. The predicted octanol–water partition coefficient (Wildman–Crippen LogP) is 3.68. The van der Waals surface area contributed by atoms with E-state index >= 15 is 0 Å². The second-order valence-electron chi connectivity index (χ2n) is 7.89. The molecule has 0 saturated carbocycles. The molecule has 2 aromatic rings. The van der Waals surface area contributed by atoms with Crippen molar-refractivity contribution in [2.24, 2.45) is 0 Å². The van der Waals surface area contributed by atoms with Crippen LogP contribution in [0.25, 0.3) is 11.1 Å². The van der Waals surface area contributed by atoms with Crippen LogP contribution in [-0.2, 0) is 14.3 Å². The number of carboxylic acids is 1. The first-order chi connectivity index (χ1) is 16.0. The first-order valence-electron chi connectivity index (χ1n) is 11.1. The molecule has 7 heteroatoms. The lowest BCUT2D eigenvalue weighted by atomic mass is 9.98. The Morgan fingerprint density at radius 3 is 2.30 bits per heavy atom. The fourth-order valence-corrected chi connectivity index (χ4v) is 4.00.